The molecule has 0 aromatic rings. The van der Waals surface area contributed by atoms with Crippen LogP contribution in [0.15, 0.2) is 0 Å². The fraction of sp³-hybridized carbons (Fsp3) is 0. The molecular weight excluding hydrogens is 287 g/mol. The van der Waals surface area contributed by atoms with Crippen LogP contribution in [0.3, 0.4) is 0 Å². The first-order valence-corrected chi connectivity index (χ1v) is 8.82. The molecule has 0 aliphatic heterocycles. The topological polar surface area (TPSA) is 17.1 Å². The zero-order valence-electron chi connectivity index (χ0n) is 2.22. The van der Waals surface area contributed by atoms with Crippen LogP contribution in [0, 0.1) is 0 Å². The SMILES string of the molecule is [O]=[Pt][SiH3].[Ti]. The van der Waals surface area contributed by atoms with E-state index in [1.807, 2.05) is 0 Å². The van der Waals surface area contributed by atoms with E-state index in [1.165, 1.54) is 0 Å². The molecule has 4 heteroatoms. The number of hydrogen-bond acceptors (Lipinski definition) is 1. The Kier molecular flexibility index (Phi) is 20.0. The molecule has 27 valence electrons. The van der Waals surface area contributed by atoms with Crippen LogP contribution in [-0.4, -0.2) is 8.21 Å². The molecule has 0 atom stereocenters. The van der Waals surface area contributed by atoms with Gasteiger partial charge in [0.05, 0.1) is 0 Å². The van der Waals surface area contributed by atoms with Gasteiger partial charge in [-0.2, -0.15) is 0 Å². The van der Waals surface area contributed by atoms with Crippen LogP contribution < -0.4 is 0 Å². The Morgan fingerprint density at radius 1 is 1.75 bits per heavy atom. The summed E-state index contributed by atoms with van der Waals surface area (Å²) < 4.78 is 9.10. The van der Waals surface area contributed by atoms with Gasteiger partial charge in [0, 0.05) is 21.7 Å². The van der Waals surface area contributed by atoms with Crippen molar-refractivity contribution in [3.05, 3.63) is 0 Å². The summed E-state index contributed by atoms with van der Waals surface area (Å²) in [5.74, 6) is 0. The van der Waals surface area contributed by atoms with Crippen molar-refractivity contribution in [2.75, 3.05) is 0 Å². The molecule has 0 amide bonds. The van der Waals surface area contributed by atoms with Gasteiger partial charge in [0.2, 0.25) is 0 Å². The van der Waals surface area contributed by atoms with Gasteiger partial charge in [-0.25, -0.2) is 0 Å². The molecule has 0 spiro atoms. The van der Waals surface area contributed by atoms with Crippen LogP contribution in [-0.2, 0) is 42.9 Å². The molecule has 0 bridgehead atoms. The van der Waals surface area contributed by atoms with Crippen LogP contribution in [0.25, 0.3) is 0 Å². The third-order valence-corrected chi connectivity index (χ3v) is 0. The van der Waals surface area contributed by atoms with E-state index in [-0.39, 0.29) is 21.7 Å². The predicted octanol–water partition coefficient (Wildman–Crippen LogP) is -1.31. The molecular formula is H3OPtSiTi. The van der Waals surface area contributed by atoms with Gasteiger partial charge in [-0.05, 0) is 0 Å². The second kappa shape index (κ2) is 8.83. The molecule has 4 heavy (non-hydrogen) atoms. The van der Waals surface area contributed by atoms with Gasteiger partial charge in [-0.15, -0.1) is 0 Å². The van der Waals surface area contributed by atoms with Gasteiger partial charge in [0.1, 0.15) is 0 Å². The Morgan fingerprint density at radius 3 is 1.75 bits per heavy atom. The zero-order valence-corrected chi connectivity index (χ0v) is 8.06. The minimum atomic E-state index is -0.528. The first-order chi connectivity index (χ1) is 1.41. The molecule has 0 radical (unpaired) electrons. The van der Waals surface area contributed by atoms with Gasteiger partial charge in [0.25, 0.3) is 0 Å². The van der Waals surface area contributed by atoms with Crippen LogP contribution in [0.5, 0.6) is 0 Å². The van der Waals surface area contributed by atoms with Crippen LogP contribution in [0.2, 0.25) is 0 Å². The molecule has 1 nitrogen and oxygen atoms in total. The first-order valence-electron chi connectivity index (χ1n) is 0.445. The molecule has 0 saturated heterocycles. The minimum Gasteiger partial charge on any atom is 0 e. The van der Waals surface area contributed by atoms with Crippen LogP contribution >= 0.6 is 0 Å². The van der Waals surface area contributed by atoms with E-state index >= 15 is 0 Å². The monoisotopic (exact) mass is 290 g/mol. The maximum atomic E-state index is 9.10. The largest absolute Gasteiger partial charge is 0 e. The molecule has 0 saturated carbocycles. The number of rotatable bonds is 0. The zero-order chi connectivity index (χ0) is 2.71. The third kappa shape index (κ3) is 9.93. The van der Waals surface area contributed by atoms with Crippen molar-refractivity contribution < 1.29 is 42.9 Å². The second-order valence-corrected chi connectivity index (χ2v) is 3.17. The Labute approximate surface area is 50.9 Å². The number of hydrogen-bond donors (Lipinski definition) is 0. The molecule has 0 N–H and O–H groups in total. The summed E-state index contributed by atoms with van der Waals surface area (Å²) in [5.41, 5.74) is 0. The third-order valence-electron chi connectivity index (χ3n) is 0. The molecule has 0 rings (SSSR count). The van der Waals surface area contributed by atoms with Crippen molar-refractivity contribution in [1.29, 1.82) is 0 Å². The maximum absolute atomic E-state index is 9.10. The predicted molar refractivity (Wildman–Crippen MR) is 10.6 cm³/mol. The normalized spacial score (nSPS) is 6.00. The summed E-state index contributed by atoms with van der Waals surface area (Å²) in [6, 6.07) is 0. The van der Waals surface area contributed by atoms with Crippen LogP contribution in [0.1, 0.15) is 0 Å². The fourth-order valence-corrected chi connectivity index (χ4v) is 0. The van der Waals surface area contributed by atoms with Gasteiger partial charge < -0.3 is 0 Å². The molecule has 0 aliphatic rings. The van der Waals surface area contributed by atoms with E-state index in [1.54, 1.807) is 0 Å². The molecule has 0 aromatic carbocycles. The second-order valence-electron chi connectivity index (χ2n) is 0.129. The van der Waals surface area contributed by atoms with E-state index in [2.05, 4.69) is 0 Å². The van der Waals surface area contributed by atoms with Crippen molar-refractivity contribution in [1.82, 2.24) is 0 Å². The quantitative estimate of drug-likeness (QED) is 0.507. The Hall–Kier alpha value is 1.42. The van der Waals surface area contributed by atoms with E-state index < -0.39 is 17.8 Å². The summed E-state index contributed by atoms with van der Waals surface area (Å²) in [4.78, 5) is 0. The molecule has 0 aromatic heterocycles. The van der Waals surface area contributed by atoms with Gasteiger partial charge >= 0.3 is 29.4 Å². The fourth-order valence-electron chi connectivity index (χ4n) is 0. The first kappa shape index (κ1) is 9.05. The Balaban J connectivity index is 0. The summed E-state index contributed by atoms with van der Waals surface area (Å²) in [6.45, 7) is 0. The Bertz CT molecular complexity index is 15.5. The van der Waals surface area contributed by atoms with E-state index in [0.29, 0.717) is 0 Å². The average Bonchev–Trinajstić information content (AvgIpc) is 0.918. The molecule has 0 aliphatic carbocycles. The van der Waals surface area contributed by atoms with Crippen molar-refractivity contribution in [3.63, 3.8) is 0 Å². The standard InChI is InChI=1S/O.Pt.H3Si.Ti/h;;1H3;. The molecule has 0 fully saturated rings. The van der Waals surface area contributed by atoms with E-state index in [0.717, 1.165) is 8.21 Å². The van der Waals surface area contributed by atoms with E-state index in [4.69, 9.17) is 3.40 Å². The van der Waals surface area contributed by atoms with Gasteiger partial charge in [-0.1, -0.05) is 0 Å². The summed E-state index contributed by atoms with van der Waals surface area (Å²) in [5, 5.41) is 0. The average molecular weight is 290 g/mol. The maximum Gasteiger partial charge on any atom is 0 e. The van der Waals surface area contributed by atoms with Gasteiger partial charge in [0.15, 0.2) is 0 Å². The Morgan fingerprint density at radius 2 is 1.75 bits per heavy atom. The molecule has 0 heterocycles. The minimum absolute atomic E-state index is 0. The van der Waals surface area contributed by atoms with Gasteiger partial charge in [-0.3, -0.25) is 0 Å². The summed E-state index contributed by atoms with van der Waals surface area (Å²) >= 11 is -0.528. The van der Waals surface area contributed by atoms with E-state index in [9.17, 15) is 0 Å². The molecule has 0 unspecified atom stereocenters. The van der Waals surface area contributed by atoms with Crippen molar-refractivity contribution in [3.8, 4) is 0 Å². The van der Waals surface area contributed by atoms with Crippen molar-refractivity contribution >= 4 is 8.21 Å². The summed E-state index contributed by atoms with van der Waals surface area (Å²) in [7, 11) is 0.924. The van der Waals surface area contributed by atoms with Crippen LogP contribution in [0.4, 0.5) is 0 Å². The van der Waals surface area contributed by atoms with Crippen molar-refractivity contribution in [2.24, 2.45) is 0 Å². The smallest absolute Gasteiger partial charge is 0 e. The van der Waals surface area contributed by atoms with Crippen molar-refractivity contribution in [2.45, 2.75) is 0 Å². The summed E-state index contributed by atoms with van der Waals surface area (Å²) in [6.07, 6.45) is 0.